The quantitative estimate of drug-likeness (QED) is 0.798. The molecule has 1 fully saturated rings. The van der Waals surface area contributed by atoms with E-state index in [0.717, 1.165) is 19.5 Å². The molecule has 1 N–H and O–H groups in total. The van der Waals surface area contributed by atoms with E-state index in [-0.39, 0.29) is 11.4 Å². The SMILES string of the molecule is CC(C)CCN1C(=O)C(C)(C)NCC1(C)C. The lowest BCUT2D eigenvalue weighted by molar-refractivity contribution is -0.147. The van der Waals surface area contributed by atoms with Crippen molar-refractivity contribution in [2.24, 2.45) is 5.92 Å². The topological polar surface area (TPSA) is 32.3 Å². The Morgan fingerprint density at radius 3 is 2.38 bits per heavy atom. The van der Waals surface area contributed by atoms with Crippen LogP contribution in [0.4, 0.5) is 0 Å². The summed E-state index contributed by atoms with van der Waals surface area (Å²) >= 11 is 0. The first-order chi connectivity index (χ1) is 7.17. The molecule has 0 saturated carbocycles. The van der Waals surface area contributed by atoms with Crippen molar-refractivity contribution in [1.29, 1.82) is 0 Å². The molecule has 0 aromatic heterocycles. The molecule has 0 unspecified atom stereocenters. The van der Waals surface area contributed by atoms with Crippen LogP contribution in [0.15, 0.2) is 0 Å². The van der Waals surface area contributed by atoms with E-state index in [1.807, 2.05) is 18.7 Å². The third-order valence-corrected chi connectivity index (χ3v) is 3.40. The minimum Gasteiger partial charge on any atom is -0.335 e. The van der Waals surface area contributed by atoms with Gasteiger partial charge in [-0.05, 0) is 40.0 Å². The molecular weight excluding hydrogens is 200 g/mol. The van der Waals surface area contributed by atoms with Gasteiger partial charge in [0.25, 0.3) is 0 Å². The Kier molecular flexibility index (Phi) is 3.68. The normalized spacial score (nSPS) is 23.9. The van der Waals surface area contributed by atoms with Gasteiger partial charge in [-0.15, -0.1) is 0 Å². The molecule has 1 aliphatic rings. The number of piperazine rings is 1. The maximum absolute atomic E-state index is 12.3. The molecule has 1 saturated heterocycles. The summed E-state index contributed by atoms with van der Waals surface area (Å²) in [5, 5.41) is 3.32. The Hall–Kier alpha value is -0.570. The van der Waals surface area contributed by atoms with Gasteiger partial charge >= 0.3 is 0 Å². The van der Waals surface area contributed by atoms with Crippen LogP contribution in [0.25, 0.3) is 0 Å². The Balaban J connectivity index is 2.78. The van der Waals surface area contributed by atoms with Crippen LogP contribution >= 0.6 is 0 Å². The Morgan fingerprint density at radius 1 is 1.31 bits per heavy atom. The molecule has 1 aliphatic heterocycles. The number of rotatable bonds is 3. The first-order valence-electron chi connectivity index (χ1n) is 6.24. The van der Waals surface area contributed by atoms with E-state index in [2.05, 4.69) is 33.0 Å². The van der Waals surface area contributed by atoms with Crippen molar-refractivity contribution in [3.8, 4) is 0 Å². The van der Waals surface area contributed by atoms with E-state index >= 15 is 0 Å². The number of carbonyl (C=O) groups excluding carboxylic acids is 1. The number of hydrogen-bond donors (Lipinski definition) is 1. The summed E-state index contributed by atoms with van der Waals surface area (Å²) in [7, 11) is 0. The predicted molar refractivity (Wildman–Crippen MR) is 67.3 cm³/mol. The fourth-order valence-corrected chi connectivity index (χ4v) is 2.01. The van der Waals surface area contributed by atoms with E-state index in [0.29, 0.717) is 5.92 Å². The maximum Gasteiger partial charge on any atom is 0.242 e. The van der Waals surface area contributed by atoms with Gasteiger partial charge < -0.3 is 10.2 Å². The van der Waals surface area contributed by atoms with Crippen LogP contribution in [0.2, 0.25) is 0 Å². The van der Waals surface area contributed by atoms with Gasteiger partial charge in [-0.1, -0.05) is 13.8 Å². The summed E-state index contributed by atoms with van der Waals surface area (Å²) in [5.41, 5.74) is -0.478. The number of amides is 1. The van der Waals surface area contributed by atoms with Crippen LogP contribution in [0.5, 0.6) is 0 Å². The summed E-state index contributed by atoms with van der Waals surface area (Å²) in [4.78, 5) is 14.4. The summed E-state index contributed by atoms with van der Waals surface area (Å²) in [6, 6.07) is 0. The van der Waals surface area contributed by atoms with E-state index in [1.165, 1.54) is 0 Å². The van der Waals surface area contributed by atoms with Gasteiger partial charge in [0.15, 0.2) is 0 Å². The van der Waals surface area contributed by atoms with Gasteiger partial charge in [0, 0.05) is 18.6 Å². The zero-order valence-corrected chi connectivity index (χ0v) is 11.6. The van der Waals surface area contributed by atoms with Crippen molar-refractivity contribution in [2.45, 2.75) is 59.0 Å². The zero-order valence-electron chi connectivity index (χ0n) is 11.6. The number of hydrogen-bond acceptors (Lipinski definition) is 2. The second-order valence-corrected chi connectivity index (χ2v) is 6.43. The predicted octanol–water partition coefficient (Wildman–Crippen LogP) is 2.02. The number of nitrogens with one attached hydrogen (secondary N) is 1. The van der Waals surface area contributed by atoms with E-state index in [4.69, 9.17) is 0 Å². The van der Waals surface area contributed by atoms with Crippen LogP contribution in [0, 0.1) is 5.92 Å². The van der Waals surface area contributed by atoms with Crippen LogP contribution < -0.4 is 5.32 Å². The fourth-order valence-electron chi connectivity index (χ4n) is 2.01. The monoisotopic (exact) mass is 226 g/mol. The van der Waals surface area contributed by atoms with Crippen molar-refractivity contribution >= 4 is 5.91 Å². The molecule has 0 aromatic rings. The Labute approximate surface area is 99.6 Å². The fraction of sp³-hybridized carbons (Fsp3) is 0.923. The Morgan fingerprint density at radius 2 is 1.88 bits per heavy atom. The smallest absolute Gasteiger partial charge is 0.242 e. The van der Waals surface area contributed by atoms with Gasteiger partial charge in [-0.25, -0.2) is 0 Å². The summed E-state index contributed by atoms with van der Waals surface area (Å²) in [5.74, 6) is 0.867. The second kappa shape index (κ2) is 4.36. The van der Waals surface area contributed by atoms with Crippen molar-refractivity contribution in [3.63, 3.8) is 0 Å². The molecule has 3 heteroatoms. The average Bonchev–Trinajstić information content (AvgIpc) is 2.12. The van der Waals surface area contributed by atoms with Crippen LogP contribution in [-0.4, -0.2) is 35.0 Å². The van der Waals surface area contributed by atoms with Crippen molar-refractivity contribution in [2.75, 3.05) is 13.1 Å². The first kappa shape index (κ1) is 13.5. The molecule has 0 radical (unpaired) electrons. The molecule has 0 bridgehead atoms. The molecule has 1 rings (SSSR count). The van der Waals surface area contributed by atoms with E-state index in [9.17, 15) is 4.79 Å². The lowest BCUT2D eigenvalue weighted by Crippen LogP contribution is -2.69. The highest BCUT2D eigenvalue weighted by Gasteiger charge is 2.43. The highest BCUT2D eigenvalue weighted by molar-refractivity contribution is 5.87. The number of carbonyl (C=O) groups is 1. The molecule has 0 aliphatic carbocycles. The molecule has 0 spiro atoms. The molecule has 1 heterocycles. The molecule has 94 valence electrons. The van der Waals surface area contributed by atoms with Crippen LogP contribution in [0.3, 0.4) is 0 Å². The summed E-state index contributed by atoms with van der Waals surface area (Å²) in [6.45, 7) is 14.3. The highest BCUT2D eigenvalue weighted by atomic mass is 16.2. The minimum atomic E-state index is -0.410. The van der Waals surface area contributed by atoms with Gasteiger partial charge in [0.2, 0.25) is 5.91 Å². The third kappa shape index (κ3) is 2.76. The molecule has 0 atom stereocenters. The molecule has 3 nitrogen and oxygen atoms in total. The number of nitrogens with zero attached hydrogens (tertiary/aromatic N) is 1. The molecule has 1 amide bonds. The van der Waals surface area contributed by atoms with E-state index in [1.54, 1.807) is 0 Å². The first-order valence-corrected chi connectivity index (χ1v) is 6.24. The van der Waals surface area contributed by atoms with Crippen molar-refractivity contribution in [1.82, 2.24) is 10.2 Å². The lowest BCUT2D eigenvalue weighted by Gasteiger charge is -2.49. The standard InChI is InChI=1S/C13H26N2O/c1-10(2)7-8-15-11(16)13(5,6)14-9-12(15,3)4/h10,14H,7-9H2,1-6H3. The zero-order chi connectivity index (χ0) is 12.6. The third-order valence-electron chi connectivity index (χ3n) is 3.40. The Bertz CT molecular complexity index is 269. The summed E-state index contributed by atoms with van der Waals surface area (Å²) < 4.78 is 0. The van der Waals surface area contributed by atoms with Crippen molar-refractivity contribution < 1.29 is 4.79 Å². The highest BCUT2D eigenvalue weighted by Crippen LogP contribution is 2.25. The van der Waals surface area contributed by atoms with E-state index < -0.39 is 5.54 Å². The van der Waals surface area contributed by atoms with Crippen molar-refractivity contribution in [3.05, 3.63) is 0 Å². The van der Waals surface area contributed by atoms with Gasteiger partial charge in [0.1, 0.15) is 0 Å². The van der Waals surface area contributed by atoms with Crippen LogP contribution in [-0.2, 0) is 4.79 Å². The lowest BCUT2D eigenvalue weighted by atomic mass is 9.90. The van der Waals surface area contributed by atoms with Gasteiger partial charge in [-0.2, -0.15) is 0 Å². The molecule has 16 heavy (non-hydrogen) atoms. The van der Waals surface area contributed by atoms with Gasteiger partial charge in [0.05, 0.1) is 5.54 Å². The second-order valence-electron chi connectivity index (χ2n) is 6.43. The largest absolute Gasteiger partial charge is 0.335 e. The minimum absolute atomic E-state index is 0.0680. The molecular formula is C13H26N2O. The van der Waals surface area contributed by atoms with Gasteiger partial charge in [-0.3, -0.25) is 4.79 Å². The summed E-state index contributed by atoms with van der Waals surface area (Å²) in [6.07, 6.45) is 1.07. The average molecular weight is 226 g/mol. The molecule has 0 aromatic carbocycles. The van der Waals surface area contributed by atoms with Crippen LogP contribution in [0.1, 0.15) is 48.0 Å². The maximum atomic E-state index is 12.3.